The predicted molar refractivity (Wildman–Crippen MR) is 81.3 cm³/mol. The van der Waals surface area contributed by atoms with Gasteiger partial charge in [0, 0.05) is 17.1 Å². The SMILES string of the molecule is CCC1(CC)N=C(C(F)(F)F)c2cnc3ccccc3c2N1. The van der Waals surface area contributed by atoms with Gasteiger partial charge in [0.15, 0.2) is 5.71 Å². The number of pyridine rings is 1. The number of fused-ring (bicyclic) bond motifs is 3. The second-order valence-corrected chi connectivity index (χ2v) is 5.39. The summed E-state index contributed by atoms with van der Waals surface area (Å²) in [6, 6.07) is 7.18. The van der Waals surface area contributed by atoms with Crippen LogP contribution in [0.5, 0.6) is 0 Å². The van der Waals surface area contributed by atoms with Gasteiger partial charge >= 0.3 is 6.18 Å². The Labute approximate surface area is 126 Å². The molecule has 0 saturated heterocycles. The molecule has 1 aromatic carbocycles. The van der Waals surface area contributed by atoms with Gasteiger partial charge in [0.05, 0.1) is 11.2 Å². The van der Waals surface area contributed by atoms with E-state index in [1.54, 1.807) is 18.2 Å². The van der Waals surface area contributed by atoms with E-state index in [0.29, 0.717) is 29.4 Å². The first-order valence-electron chi connectivity index (χ1n) is 7.23. The van der Waals surface area contributed by atoms with Crippen molar-refractivity contribution in [3.05, 3.63) is 36.0 Å². The molecule has 0 bridgehead atoms. The van der Waals surface area contributed by atoms with Gasteiger partial charge in [-0.3, -0.25) is 9.98 Å². The minimum atomic E-state index is -4.50. The zero-order valence-electron chi connectivity index (χ0n) is 12.3. The predicted octanol–water partition coefficient (Wildman–Crippen LogP) is 4.53. The smallest absolute Gasteiger partial charge is 0.360 e. The van der Waals surface area contributed by atoms with Gasteiger partial charge < -0.3 is 5.32 Å². The number of aromatic nitrogens is 1. The standard InChI is InChI=1S/C16H16F3N3/c1-3-15(4-2)21-13-10-7-5-6-8-12(10)20-9-11(13)14(22-15)16(17,18)19/h5-9,21H,3-4H2,1-2H3. The molecule has 3 nitrogen and oxygen atoms in total. The Balaban J connectivity index is 2.32. The molecule has 0 amide bonds. The Morgan fingerprint density at radius 1 is 1.14 bits per heavy atom. The van der Waals surface area contributed by atoms with Crippen LogP contribution in [-0.2, 0) is 0 Å². The second kappa shape index (κ2) is 4.97. The van der Waals surface area contributed by atoms with Crippen molar-refractivity contribution in [2.75, 3.05) is 5.32 Å². The third-order valence-corrected chi connectivity index (χ3v) is 4.15. The first-order valence-corrected chi connectivity index (χ1v) is 7.23. The number of hydrogen-bond donors (Lipinski definition) is 1. The Hall–Kier alpha value is -2.11. The number of halogens is 3. The zero-order chi connectivity index (χ0) is 16.0. The van der Waals surface area contributed by atoms with Gasteiger partial charge in [0.25, 0.3) is 0 Å². The summed E-state index contributed by atoms with van der Waals surface area (Å²) in [5.74, 6) is 0. The molecule has 22 heavy (non-hydrogen) atoms. The van der Waals surface area contributed by atoms with Crippen LogP contribution in [0.25, 0.3) is 10.9 Å². The lowest BCUT2D eigenvalue weighted by Gasteiger charge is -2.36. The summed E-state index contributed by atoms with van der Waals surface area (Å²) in [7, 11) is 0. The number of rotatable bonds is 2. The maximum absolute atomic E-state index is 13.4. The van der Waals surface area contributed by atoms with E-state index in [4.69, 9.17) is 0 Å². The van der Waals surface area contributed by atoms with Crippen molar-refractivity contribution in [3.63, 3.8) is 0 Å². The molecule has 0 unspecified atom stereocenters. The summed E-state index contributed by atoms with van der Waals surface area (Å²) < 4.78 is 40.3. The van der Waals surface area contributed by atoms with Gasteiger partial charge in [-0.25, -0.2) is 0 Å². The molecule has 2 aromatic rings. The summed E-state index contributed by atoms with van der Waals surface area (Å²) in [4.78, 5) is 8.15. The van der Waals surface area contributed by atoms with Gasteiger partial charge in [-0.1, -0.05) is 32.0 Å². The Morgan fingerprint density at radius 3 is 2.45 bits per heavy atom. The van der Waals surface area contributed by atoms with Crippen molar-refractivity contribution in [1.29, 1.82) is 0 Å². The first-order chi connectivity index (χ1) is 10.4. The van der Waals surface area contributed by atoms with Gasteiger partial charge in [-0.05, 0) is 18.9 Å². The van der Waals surface area contributed by atoms with Gasteiger partial charge in [-0.2, -0.15) is 13.2 Å². The fraction of sp³-hybridized carbons (Fsp3) is 0.375. The molecule has 0 spiro atoms. The van der Waals surface area contributed by atoms with E-state index in [2.05, 4.69) is 15.3 Å². The molecule has 3 rings (SSSR count). The molecule has 1 aliphatic rings. The van der Waals surface area contributed by atoms with Crippen LogP contribution in [0.2, 0.25) is 0 Å². The number of aliphatic imine (C=N–C) groups is 1. The van der Waals surface area contributed by atoms with Crippen molar-refractivity contribution < 1.29 is 13.2 Å². The quantitative estimate of drug-likeness (QED) is 0.885. The van der Waals surface area contributed by atoms with Gasteiger partial charge in [0.2, 0.25) is 0 Å². The van der Waals surface area contributed by atoms with Crippen LogP contribution >= 0.6 is 0 Å². The molecule has 2 heterocycles. The molecule has 1 N–H and O–H groups in total. The number of alkyl halides is 3. The fourth-order valence-corrected chi connectivity index (χ4v) is 2.79. The number of nitrogens with one attached hydrogen (secondary N) is 1. The van der Waals surface area contributed by atoms with Crippen LogP contribution in [0, 0.1) is 0 Å². The van der Waals surface area contributed by atoms with Crippen LogP contribution in [0.4, 0.5) is 18.9 Å². The van der Waals surface area contributed by atoms with Gasteiger partial charge in [-0.15, -0.1) is 0 Å². The lowest BCUT2D eigenvalue weighted by Crippen LogP contribution is -2.43. The second-order valence-electron chi connectivity index (χ2n) is 5.39. The van der Waals surface area contributed by atoms with Crippen molar-refractivity contribution >= 4 is 22.3 Å². The topological polar surface area (TPSA) is 37.3 Å². The fourth-order valence-electron chi connectivity index (χ4n) is 2.79. The number of hydrogen-bond acceptors (Lipinski definition) is 3. The van der Waals surface area contributed by atoms with Crippen molar-refractivity contribution in [1.82, 2.24) is 4.98 Å². The highest BCUT2D eigenvalue weighted by molar-refractivity contribution is 6.14. The van der Waals surface area contributed by atoms with E-state index < -0.39 is 17.6 Å². The molecule has 0 saturated carbocycles. The lowest BCUT2D eigenvalue weighted by atomic mass is 9.95. The van der Waals surface area contributed by atoms with Crippen molar-refractivity contribution in [2.45, 2.75) is 38.5 Å². The molecule has 0 radical (unpaired) electrons. The molecule has 0 fully saturated rings. The molecular weight excluding hydrogens is 291 g/mol. The molecule has 1 aromatic heterocycles. The summed E-state index contributed by atoms with van der Waals surface area (Å²) in [5, 5.41) is 3.91. The zero-order valence-corrected chi connectivity index (χ0v) is 12.3. The molecule has 116 valence electrons. The van der Waals surface area contributed by atoms with E-state index in [9.17, 15) is 13.2 Å². The van der Waals surface area contributed by atoms with Crippen LogP contribution < -0.4 is 5.32 Å². The normalized spacial score (nSPS) is 16.9. The average Bonchev–Trinajstić information content (AvgIpc) is 2.52. The largest absolute Gasteiger partial charge is 0.433 e. The van der Waals surface area contributed by atoms with Crippen LogP contribution in [0.1, 0.15) is 32.3 Å². The van der Waals surface area contributed by atoms with E-state index in [1.165, 1.54) is 6.20 Å². The number of benzene rings is 1. The number of para-hydroxylation sites is 1. The van der Waals surface area contributed by atoms with Crippen molar-refractivity contribution in [2.24, 2.45) is 4.99 Å². The maximum atomic E-state index is 13.4. The Bertz CT molecular complexity index is 746. The summed E-state index contributed by atoms with van der Waals surface area (Å²) in [5.41, 5.74) is -0.621. The molecule has 1 aliphatic heterocycles. The highest BCUT2D eigenvalue weighted by atomic mass is 19.4. The van der Waals surface area contributed by atoms with E-state index >= 15 is 0 Å². The minimum Gasteiger partial charge on any atom is -0.360 e. The Morgan fingerprint density at radius 2 is 1.82 bits per heavy atom. The third-order valence-electron chi connectivity index (χ3n) is 4.15. The molecule has 0 aliphatic carbocycles. The maximum Gasteiger partial charge on any atom is 0.433 e. The van der Waals surface area contributed by atoms with Crippen LogP contribution in [0.15, 0.2) is 35.5 Å². The van der Waals surface area contributed by atoms with E-state index in [-0.39, 0.29) is 5.56 Å². The summed E-state index contributed by atoms with van der Waals surface area (Å²) in [6.45, 7) is 3.67. The minimum absolute atomic E-state index is 0.0173. The van der Waals surface area contributed by atoms with Gasteiger partial charge in [0.1, 0.15) is 5.66 Å². The summed E-state index contributed by atoms with van der Waals surface area (Å²) in [6.07, 6.45) is -2.30. The number of anilines is 1. The van der Waals surface area contributed by atoms with E-state index in [1.807, 2.05) is 19.9 Å². The monoisotopic (exact) mass is 307 g/mol. The average molecular weight is 307 g/mol. The summed E-state index contributed by atoms with van der Waals surface area (Å²) >= 11 is 0. The first kappa shape index (κ1) is 14.8. The molecule has 0 atom stereocenters. The number of nitrogens with zero attached hydrogens (tertiary/aromatic N) is 2. The highest BCUT2D eigenvalue weighted by Crippen LogP contribution is 2.40. The Kier molecular flexibility index (Phi) is 3.34. The van der Waals surface area contributed by atoms with E-state index in [0.717, 1.165) is 0 Å². The molecule has 6 heteroatoms. The highest BCUT2D eigenvalue weighted by Gasteiger charge is 2.44. The van der Waals surface area contributed by atoms with Crippen molar-refractivity contribution in [3.8, 4) is 0 Å². The van der Waals surface area contributed by atoms with Crippen LogP contribution in [0.3, 0.4) is 0 Å². The lowest BCUT2D eigenvalue weighted by molar-refractivity contribution is -0.0589. The van der Waals surface area contributed by atoms with Crippen LogP contribution in [-0.4, -0.2) is 22.5 Å². The molecular formula is C16H16F3N3. The third kappa shape index (κ3) is 2.23.